The third kappa shape index (κ3) is 5.05. The van der Waals surface area contributed by atoms with E-state index in [1.54, 1.807) is 24.3 Å². The van der Waals surface area contributed by atoms with Crippen LogP contribution in [-0.2, 0) is 6.54 Å². The maximum Gasteiger partial charge on any atom is 0.339 e. The molecule has 1 aliphatic heterocycles. The number of carboxylic acids is 1. The number of piperazine rings is 1. The molecular formula is C20H24N2O3. The van der Waals surface area contributed by atoms with Gasteiger partial charge in [-0.15, -0.1) is 0 Å². The van der Waals surface area contributed by atoms with Crippen molar-refractivity contribution >= 4 is 5.97 Å². The molecule has 1 fully saturated rings. The second-order valence-corrected chi connectivity index (χ2v) is 6.25. The first kappa shape index (κ1) is 17.5. The van der Waals surface area contributed by atoms with Gasteiger partial charge >= 0.3 is 5.97 Å². The summed E-state index contributed by atoms with van der Waals surface area (Å²) in [7, 11) is 0. The molecule has 1 aliphatic rings. The molecule has 0 amide bonds. The van der Waals surface area contributed by atoms with E-state index in [0.717, 1.165) is 39.3 Å². The van der Waals surface area contributed by atoms with Gasteiger partial charge in [0.15, 0.2) is 0 Å². The summed E-state index contributed by atoms with van der Waals surface area (Å²) in [5.41, 5.74) is 1.57. The monoisotopic (exact) mass is 340 g/mol. The Morgan fingerprint density at radius 2 is 1.56 bits per heavy atom. The predicted molar refractivity (Wildman–Crippen MR) is 97.1 cm³/mol. The maximum atomic E-state index is 11.2. The molecule has 1 heterocycles. The first-order valence-electron chi connectivity index (χ1n) is 8.66. The molecular weight excluding hydrogens is 316 g/mol. The molecule has 0 bridgehead atoms. The average Bonchev–Trinajstić information content (AvgIpc) is 2.64. The SMILES string of the molecule is O=C(O)c1ccccc1OCCN1CCN(Cc2ccccc2)CC1. The molecule has 5 heteroatoms. The molecule has 5 nitrogen and oxygen atoms in total. The van der Waals surface area contributed by atoms with E-state index in [-0.39, 0.29) is 5.56 Å². The number of hydrogen-bond donors (Lipinski definition) is 1. The Balaban J connectivity index is 1.40. The highest BCUT2D eigenvalue weighted by Gasteiger charge is 2.17. The summed E-state index contributed by atoms with van der Waals surface area (Å²) in [4.78, 5) is 16.0. The van der Waals surface area contributed by atoms with Gasteiger partial charge in [-0.1, -0.05) is 42.5 Å². The average molecular weight is 340 g/mol. The minimum absolute atomic E-state index is 0.218. The number of para-hydroxylation sites is 1. The van der Waals surface area contributed by atoms with Crippen molar-refractivity contribution in [3.63, 3.8) is 0 Å². The van der Waals surface area contributed by atoms with E-state index in [9.17, 15) is 4.79 Å². The van der Waals surface area contributed by atoms with E-state index in [1.165, 1.54) is 5.56 Å². The van der Waals surface area contributed by atoms with Crippen LogP contribution >= 0.6 is 0 Å². The van der Waals surface area contributed by atoms with Crippen LogP contribution in [0.25, 0.3) is 0 Å². The molecule has 0 atom stereocenters. The normalized spacial score (nSPS) is 15.8. The number of benzene rings is 2. The molecule has 0 radical (unpaired) electrons. The molecule has 0 saturated carbocycles. The Bertz CT molecular complexity index is 682. The predicted octanol–water partition coefficient (Wildman–Crippen LogP) is 2.58. The molecule has 0 spiro atoms. The lowest BCUT2D eigenvalue weighted by molar-refractivity contribution is 0.0690. The second kappa shape index (κ2) is 8.65. The van der Waals surface area contributed by atoms with Crippen LogP contribution in [0.15, 0.2) is 54.6 Å². The van der Waals surface area contributed by atoms with Gasteiger partial charge in [0.25, 0.3) is 0 Å². The fraction of sp³-hybridized carbons (Fsp3) is 0.350. The summed E-state index contributed by atoms with van der Waals surface area (Å²) in [6.07, 6.45) is 0. The Labute approximate surface area is 148 Å². The zero-order valence-corrected chi connectivity index (χ0v) is 14.3. The Hall–Kier alpha value is -2.37. The van der Waals surface area contributed by atoms with Crippen LogP contribution in [0, 0.1) is 0 Å². The minimum Gasteiger partial charge on any atom is -0.491 e. The van der Waals surface area contributed by atoms with E-state index >= 15 is 0 Å². The number of nitrogens with zero attached hydrogens (tertiary/aromatic N) is 2. The maximum absolute atomic E-state index is 11.2. The van der Waals surface area contributed by atoms with E-state index in [4.69, 9.17) is 9.84 Å². The second-order valence-electron chi connectivity index (χ2n) is 6.25. The molecule has 0 aliphatic carbocycles. The molecule has 1 saturated heterocycles. The highest BCUT2D eigenvalue weighted by atomic mass is 16.5. The van der Waals surface area contributed by atoms with Crippen molar-refractivity contribution in [2.75, 3.05) is 39.3 Å². The van der Waals surface area contributed by atoms with Crippen molar-refractivity contribution in [1.29, 1.82) is 0 Å². The van der Waals surface area contributed by atoms with E-state index in [2.05, 4.69) is 34.1 Å². The standard InChI is InChI=1S/C20H24N2O3/c23-20(24)18-8-4-5-9-19(18)25-15-14-21-10-12-22(13-11-21)16-17-6-2-1-3-7-17/h1-9H,10-16H2,(H,23,24). The van der Waals surface area contributed by atoms with Crippen molar-refractivity contribution in [2.24, 2.45) is 0 Å². The number of rotatable bonds is 7. The zero-order chi connectivity index (χ0) is 17.5. The molecule has 0 unspecified atom stereocenters. The van der Waals surface area contributed by atoms with Crippen LogP contribution in [0.5, 0.6) is 5.75 Å². The summed E-state index contributed by atoms with van der Waals surface area (Å²) in [5.74, 6) is -0.511. The molecule has 3 rings (SSSR count). The van der Waals surface area contributed by atoms with Crippen molar-refractivity contribution < 1.29 is 14.6 Å². The van der Waals surface area contributed by atoms with Gasteiger partial charge in [0.2, 0.25) is 0 Å². The fourth-order valence-electron chi connectivity index (χ4n) is 3.07. The van der Waals surface area contributed by atoms with Crippen LogP contribution in [0.3, 0.4) is 0 Å². The fourth-order valence-corrected chi connectivity index (χ4v) is 3.07. The topological polar surface area (TPSA) is 53.0 Å². The Morgan fingerprint density at radius 3 is 2.28 bits per heavy atom. The van der Waals surface area contributed by atoms with Gasteiger partial charge in [-0.05, 0) is 17.7 Å². The van der Waals surface area contributed by atoms with Gasteiger partial charge in [0.05, 0.1) is 0 Å². The molecule has 2 aromatic rings. The molecule has 2 aromatic carbocycles. The van der Waals surface area contributed by atoms with Gasteiger partial charge in [0, 0.05) is 39.3 Å². The van der Waals surface area contributed by atoms with Crippen molar-refractivity contribution in [1.82, 2.24) is 9.80 Å². The highest BCUT2D eigenvalue weighted by molar-refractivity contribution is 5.90. The lowest BCUT2D eigenvalue weighted by Gasteiger charge is -2.34. The van der Waals surface area contributed by atoms with Crippen molar-refractivity contribution in [3.8, 4) is 5.75 Å². The molecule has 132 valence electrons. The van der Waals surface area contributed by atoms with Crippen LogP contribution in [0.2, 0.25) is 0 Å². The Morgan fingerprint density at radius 1 is 0.920 bits per heavy atom. The number of carboxylic acid groups (broad SMARTS) is 1. The summed E-state index contributed by atoms with van der Waals surface area (Å²) in [6.45, 7) is 6.42. The van der Waals surface area contributed by atoms with Crippen LogP contribution in [0.1, 0.15) is 15.9 Å². The van der Waals surface area contributed by atoms with Gasteiger partial charge in [-0.25, -0.2) is 4.79 Å². The highest BCUT2D eigenvalue weighted by Crippen LogP contribution is 2.17. The van der Waals surface area contributed by atoms with E-state index < -0.39 is 5.97 Å². The quantitative estimate of drug-likeness (QED) is 0.840. The Kier molecular flexibility index (Phi) is 6.04. The first-order chi connectivity index (χ1) is 12.2. The van der Waals surface area contributed by atoms with Gasteiger partial charge < -0.3 is 9.84 Å². The third-order valence-corrected chi connectivity index (χ3v) is 4.50. The largest absolute Gasteiger partial charge is 0.491 e. The van der Waals surface area contributed by atoms with E-state index in [1.807, 2.05) is 6.07 Å². The van der Waals surface area contributed by atoms with Crippen molar-refractivity contribution in [2.45, 2.75) is 6.54 Å². The zero-order valence-electron chi connectivity index (χ0n) is 14.3. The van der Waals surface area contributed by atoms with Gasteiger partial charge in [0.1, 0.15) is 17.9 Å². The first-order valence-corrected chi connectivity index (χ1v) is 8.66. The molecule has 25 heavy (non-hydrogen) atoms. The van der Waals surface area contributed by atoms with E-state index in [0.29, 0.717) is 12.4 Å². The van der Waals surface area contributed by atoms with Gasteiger partial charge in [-0.2, -0.15) is 0 Å². The summed E-state index contributed by atoms with van der Waals surface area (Å²) in [6, 6.07) is 17.3. The minimum atomic E-state index is -0.954. The molecule has 1 N–H and O–H groups in total. The van der Waals surface area contributed by atoms with Crippen LogP contribution < -0.4 is 4.74 Å². The lowest BCUT2D eigenvalue weighted by Crippen LogP contribution is -2.47. The van der Waals surface area contributed by atoms with Crippen LogP contribution in [0.4, 0.5) is 0 Å². The number of carbonyl (C=O) groups is 1. The third-order valence-electron chi connectivity index (χ3n) is 4.50. The lowest BCUT2D eigenvalue weighted by atomic mass is 10.2. The van der Waals surface area contributed by atoms with Gasteiger partial charge in [-0.3, -0.25) is 9.80 Å². The number of hydrogen-bond acceptors (Lipinski definition) is 4. The number of ether oxygens (including phenoxy) is 1. The number of aromatic carboxylic acids is 1. The summed E-state index contributed by atoms with van der Waals surface area (Å²) >= 11 is 0. The van der Waals surface area contributed by atoms with Crippen molar-refractivity contribution in [3.05, 3.63) is 65.7 Å². The molecule has 0 aromatic heterocycles. The summed E-state index contributed by atoms with van der Waals surface area (Å²) in [5, 5.41) is 9.17. The van der Waals surface area contributed by atoms with Crippen LogP contribution in [-0.4, -0.2) is 60.2 Å². The smallest absolute Gasteiger partial charge is 0.339 e. The summed E-state index contributed by atoms with van der Waals surface area (Å²) < 4.78 is 5.69.